The van der Waals surface area contributed by atoms with Crippen LogP contribution in [-0.4, -0.2) is 20.7 Å². The molecule has 0 saturated carbocycles. The van der Waals surface area contributed by atoms with Crippen molar-refractivity contribution < 1.29 is 36.6 Å². The maximum absolute atomic E-state index is 13.7. The maximum atomic E-state index is 13.7. The molecule has 9 heteroatoms. The first-order valence-corrected chi connectivity index (χ1v) is 6.03. The van der Waals surface area contributed by atoms with Gasteiger partial charge in [0.15, 0.2) is 23.3 Å². The van der Waals surface area contributed by atoms with Gasteiger partial charge in [-0.1, -0.05) is 18.2 Å². The van der Waals surface area contributed by atoms with E-state index in [-0.39, 0.29) is 0 Å². The van der Waals surface area contributed by atoms with Crippen LogP contribution in [0.5, 0.6) is 0 Å². The Kier molecular flexibility index (Phi) is 4.34. The fourth-order valence-electron chi connectivity index (χ4n) is 1.79. The minimum atomic E-state index is -2.86. The lowest BCUT2D eigenvalue weighted by molar-refractivity contribution is -0.303. The quantitative estimate of drug-likeness (QED) is 0.298. The van der Waals surface area contributed by atoms with Crippen LogP contribution in [0.3, 0.4) is 0 Å². The van der Waals surface area contributed by atoms with Gasteiger partial charge in [-0.05, 0) is 11.6 Å². The molecule has 0 bridgehead atoms. The van der Waals surface area contributed by atoms with E-state index in [0.717, 1.165) is 24.3 Å². The Labute approximate surface area is 124 Å². The van der Waals surface area contributed by atoms with Crippen LogP contribution >= 0.6 is 0 Å². The second-order valence-corrected chi connectivity index (χ2v) is 4.44. The van der Waals surface area contributed by atoms with Crippen LogP contribution in [0.4, 0.5) is 22.0 Å². The molecule has 3 nitrogen and oxygen atoms in total. The topological polar surface area (TPSA) is 49.7 Å². The average Bonchev–Trinajstić information content (AvgIpc) is 2.51. The zero-order valence-electron chi connectivity index (χ0n) is 10.5. The van der Waals surface area contributed by atoms with E-state index in [4.69, 9.17) is 0 Å². The van der Waals surface area contributed by atoms with Crippen LogP contribution in [0.2, 0.25) is 0 Å². The van der Waals surface area contributed by atoms with Gasteiger partial charge in [0, 0.05) is 5.56 Å². The lowest BCUT2D eigenvalue weighted by atomic mass is 10.0. The molecular weight excluding hydrogens is 327 g/mol. The van der Waals surface area contributed by atoms with Gasteiger partial charge in [0.2, 0.25) is 5.82 Å². The zero-order valence-corrected chi connectivity index (χ0v) is 11.5. The van der Waals surface area contributed by atoms with Crippen LogP contribution in [-0.2, 0) is 10.4 Å². The highest BCUT2D eigenvalue weighted by atomic mass is 28.2. The van der Waals surface area contributed by atoms with Gasteiger partial charge in [0.1, 0.15) is 0 Å². The summed E-state index contributed by atoms with van der Waals surface area (Å²) in [4.78, 5) is 0. The van der Waals surface area contributed by atoms with Crippen molar-refractivity contribution in [2.45, 2.75) is 5.97 Å². The highest BCUT2D eigenvalue weighted by Gasteiger charge is 2.29. The van der Waals surface area contributed by atoms with E-state index < -0.39 is 51.7 Å². The zero-order chi connectivity index (χ0) is 16.7. The number of rotatable bonds is 3. The van der Waals surface area contributed by atoms with Gasteiger partial charge in [-0.15, -0.1) is 0 Å². The number of hydrogen-bond acceptors (Lipinski definition) is 3. The van der Waals surface area contributed by atoms with Gasteiger partial charge in [0.25, 0.3) is 16.5 Å². The molecule has 0 spiro atoms. The van der Waals surface area contributed by atoms with Crippen molar-refractivity contribution in [3.8, 4) is 11.1 Å². The summed E-state index contributed by atoms with van der Waals surface area (Å²) < 4.78 is 71.0. The molecule has 2 N–H and O–H groups in total. The SMILES string of the molecule is OC(O)(O[Si])c1cccc(-c2c(F)c(F)c(F)c(F)c2F)c1. The molecule has 0 aliphatic heterocycles. The molecule has 115 valence electrons. The molecule has 2 aromatic rings. The third-order valence-electron chi connectivity index (χ3n) is 2.88. The molecule has 0 saturated heterocycles. The van der Waals surface area contributed by atoms with Crippen molar-refractivity contribution in [3.63, 3.8) is 0 Å². The third kappa shape index (κ3) is 2.63. The van der Waals surface area contributed by atoms with E-state index in [0.29, 0.717) is 0 Å². The second kappa shape index (κ2) is 5.76. The van der Waals surface area contributed by atoms with Crippen LogP contribution in [0.25, 0.3) is 11.1 Å². The summed E-state index contributed by atoms with van der Waals surface area (Å²) in [7, 11) is 2.38. The van der Waals surface area contributed by atoms with Gasteiger partial charge in [-0.2, -0.15) is 0 Å². The van der Waals surface area contributed by atoms with E-state index in [1.54, 1.807) is 0 Å². The van der Waals surface area contributed by atoms with E-state index in [1.165, 1.54) is 0 Å². The molecule has 2 rings (SSSR count). The fourth-order valence-corrected chi connectivity index (χ4v) is 1.91. The first-order valence-electron chi connectivity index (χ1n) is 5.62. The summed E-state index contributed by atoms with van der Waals surface area (Å²) in [5.74, 6) is -13.4. The standard InChI is InChI=1S/C13H6F5O3Si/c14-8-7(9(15)11(17)12(18)10(8)16)5-2-1-3-6(4-5)13(19,20)21-22/h1-4,19-20H. The van der Waals surface area contributed by atoms with Crippen LogP contribution in [0, 0.1) is 29.1 Å². The maximum Gasteiger partial charge on any atom is 0.296 e. The summed E-state index contributed by atoms with van der Waals surface area (Å²) in [6.07, 6.45) is 0. The summed E-state index contributed by atoms with van der Waals surface area (Å²) in [5, 5.41) is 18.9. The van der Waals surface area contributed by atoms with Crippen LogP contribution in [0.1, 0.15) is 5.56 Å². The molecule has 0 aliphatic carbocycles. The Morgan fingerprint density at radius 1 is 0.864 bits per heavy atom. The van der Waals surface area contributed by atoms with Crippen molar-refractivity contribution in [2.75, 3.05) is 0 Å². The third-order valence-corrected chi connectivity index (χ3v) is 3.16. The monoisotopic (exact) mass is 333 g/mol. The first kappa shape index (κ1) is 16.6. The molecule has 0 heterocycles. The minimum absolute atomic E-state index is 0.399. The van der Waals surface area contributed by atoms with Crippen molar-refractivity contribution in [1.82, 2.24) is 0 Å². The van der Waals surface area contributed by atoms with Gasteiger partial charge < -0.3 is 14.6 Å². The molecule has 0 unspecified atom stereocenters. The van der Waals surface area contributed by atoms with E-state index in [1.807, 2.05) is 0 Å². The molecule has 0 amide bonds. The van der Waals surface area contributed by atoms with Gasteiger partial charge in [-0.25, -0.2) is 22.0 Å². The summed E-state index contributed by atoms with van der Waals surface area (Å²) in [5.41, 5.74) is -2.05. The van der Waals surface area contributed by atoms with Crippen molar-refractivity contribution in [3.05, 3.63) is 58.9 Å². The number of hydrogen-bond donors (Lipinski definition) is 2. The van der Waals surface area contributed by atoms with Gasteiger partial charge >= 0.3 is 0 Å². The lowest BCUT2D eigenvalue weighted by Gasteiger charge is -2.20. The van der Waals surface area contributed by atoms with Crippen molar-refractivity contribution in [2.24, 2.45) is 0 Å². The van der Waals surface area contributed by atoms with Crippen LogP contribution in [0.15, 0.2) is 24.3 Å². The van der Waals surface area contributed by atoms with E-state index >= 15 is 0 Å². The Morgan fingerprint density at radius 2 is 1.36 bits per heavy atom. The Bertz CT molecular complexity index is 707. The average molecular weight is 333 g/mol. The Morgan fingerprint density at radius 3 is 1.86 bits per heavy atom. The predicted octanol–water partition coefficient (Wildman–Crippen LogP) is 2.24. The molecule has 2 aromatic carbocycles. The Hall–Kier alpha value is -1.81. The van der Waals surface area contributed by atoms with E-state index in [9.17, 15) is 32.2 Å². The highest BCUT2D eigenvalue weighted by Crippen LogP contribution is 2.33. The summed E-state index contributed by atoms with van der Waals surface area (Å²) in [6.45, 7) is 0. The molecule has 3 radical (unpaired) electrons. The molecule has 0 fully saturated rings. The largest absolute Gasteiger partial charge is 0.367 e. The van der Waals surface area contributed by atoms with Crippen molar-refractivity contribution in [1.29, 1.82) is 0 Å². The molecule has 0 aliphatic rings. The lowest BCUT2D eigenvalue weighted by Crippen LogP contribution is -2.27. The van der Waals surface area contributed by atoms with Crippen LogP contribution < -0.4 is 0 Å². The smallest absolute Gasteiger partial charge is 0.296 e. The molecule has 0 atom stereocenters. The Balaban J connectivity index is 2.71. The fraction of sp³-hybridized carbons (Fsp3) is 0.0769. The number of aliphatic hydroxyl groups is 2. The summed E-state index contributed by atoms with van der Waals surface area (Å²) in [6, 6.07) is 4.06. The van der Waals surface area contributed by atoms with Crippen molar-refractivity contribution >= 4 is 10.5 Å². The summed E-state index contributed by atoms with van der Waals surface area (Å²) >= 11 is 0. The normalized spacial score (nSPS) is 11.8. The van der Waals surface area contributed by atoms with Gasteiger partial charge in [0.05, 0.1) is 5.56 Å². The first-order chi connectivity index (χ1) is 10.2. The number of halogens is 5. The molecule has 0 aromatic heterocycles. The molecular formula is C13H6F5O3Si. The number of benzene rings is 2. The minimum Gasteiger partial charge on any atom is -0.367 e. The van der Waals surface area contributed by atoms with E-state index in [2.05, 4.69) is 14.9 Å². The van der Waals surface area contributed by atoms with Gasteiger partial charge in [-0.3, -0.25) is 0 Å². The predicted molar refractivity (Wildman–Crippen MR) is 64.6 cm³/mol. The highest BCUT2D eigenvalue weighted by molar-refractivity contribution is 5.98. The molecule has 22 heavy (non-hydrogen) atoms. The second-order valence-electron chi connectivity index (χ2n) is 4.24.